The summed E-state index contributed by atoms with van der Waals surface area (Å²) in [6.45, 7) is 5.94. The zero-order chi connectivity index (χ0) is 17.9. The monoisotopic (exact) mass is 331 g/mol. The first-order chi connectivity index (χ1) is 11.3. The molecule has 2 aromatic rings. The third kappa shape index (κ3) is 3.79. The third-order valence-corrected chi connectivity index (χ3v) is 3.49. The summed E-state index contributed by atoms with van der Waals surface area (Å²) in [5.41, 5.74) is -0.291. The Kier molecular flexibility index (Phi) is 5.33. The van der Waals surface area contributed by atoms with Crippen molar-refractivity contribution >= 4 is 22.6 Å². The number of amides is 1. The van der Waals surface area contributed by atoms with E-state index in [0.29, 0.717) is 23.2 Å². The number of hydrogen-bond acceptors (Lipinski definition) is 5. The minimum absolute atomic E-state index is 0.0104. The molecule has 1 aromatic carbocycles. The van der Waals surface area contributed by atoms with Crippen LogP contribution in [-0.4, -0.2) is 34.3 Å². The number of carbonyl (C=O) groups excluding carboxylic acids is 2. The highest BCUT2D eigenvalue weighted by molar-refractivity contribution is 6.02. The first-order valence-corrected chi connectivity index (χ1v) is 7.76. The van der Waals surface area contributed by atoms with E-state index in [9.17, 15) is 14.4 Å². The summed E-state index contributed by atoms with van der Waals surface area (Å²) in [6.07, 6.45) is -0.950. The van der Waals surface area contributed by atoms with Gasteiger partial charge >= 0.3 is 5.97 Å². The maximum absolute atomic E-state index is 12.4. The zero-order valence-electron chi connectivity index (χ0n) is 14.2. The average molecular weight is 331 g/mol. The van der Waals surface area contributed by atoms with Crippen LogP contribution in [0.3, 0.4) is 0 Å². The number of carbonyl (C=O) groups is 2. The summed E-state index contributed by atoms with van der Waals surface area (Å²) in [4.78, 5) is 36.4. The molecule has 1 N–H and O–H groups in total. The number of nitrogens with one attached hydrogen (secondary N) is 1. The second-order valence-corrected chi connectivity index (χ2v) is 6.01. The van der Waals surface area contributed by atoms with Crippen molar-refractivity contribution in [1.82, 2.24) is 15.1 Å². The molecule has 7 heteroatoms. The third-order valence-electron chi connectivity index (χ3n) is 3.49. The quantitative estimate of drug-likeness (QED) is 0.833. The summed E-state index contributed by atoms with van der Waals surface area (Å²) in [7, 11) is 1.46. The van der Waals surface area contributed by atoms with Crippen molar-refractivity contribution in [2.45, 2.75) is 26.9 Å². The van der Waals surface area contributed by atoms with E-state index >= 15 is 0 Å². The normalized spacial score (nSPS) is 12.2. The molecule has 1 heterocycles. The molecule has 7 nitrogen and oxygen atoms in total. The van der Waals surface area contributed by atoms with E-state index in [1.54, 1.807) is 24.3 Å². The van der Waals surface area contributed by atoms with Gasteiger partial charge < -0.3 is 10.1 Å². The molecule has 1 aromatic heterocycles. The van der Waals surface area contributed by atoms with Crippen LogP contribution in [0, 0.1) is 5.92 Å². The summed E-state index contributed by atoms with van der Waals surface area (Å²) >= 11 is 0. The van der Waals surface area contributed by atoms with Gasteiger partial charge in [-0.05, 0) is 18.9 Å². The van der Waals surface area contributed by atoms with Crippen molar-refractivity contribution in [3.8, 4) is 0 Å². The maximum Gasteiger partial charge on any atom is 0.360 e. The molecule has 1 atom stereocenters. The van der Waals surface area contributed by atoms with Gasteiger partial charge in [-0.2, -0.15) is 5.10 Å². The van der Waals surface area contributed by atoms with Gasteiger partial charge in [-0.25, -0.2) is 9.48 Å². The van der Waals surface area contributed by atoms with Crippen LogP contribution in [0.5, 0.6) is 0 Å². The summed E-state index contributed by atoms with van der Waals surface area (Å²) in [5, 5.41) is 7.47. The molecule has 24 heavy (non-hydrogen) atoms. The Labute approximate surface area is 139 Å². The van der Waals surface area contributed by atoms with Crippen molar-refractivity contribution in [1.29, 1.82) is 0 Å². The minimum atomic E-state index is -0.950. The molecule has 0 radical (unpaired) electrons. The van der Waals surface area contributed by atoms with Crippen molar-refractivity contribution in [2.24, 2.45) is 13.0 Å². The molecule has 128 valence electrons. The SMILES string of the molecule is CC(C)CNC(=O)[C@@H](C)OC(=O)c1nn(C)c(=O)c2ccccc12. The number of aryl methyl sites for hydroxylation is 1. The van der Waals surface area contributed by atoms with Crippen molar-refractivity contribution in [3.63, 3.8) is 0 Å². The topological polar surface area (TPSA) is 90.3 Å². The lowest BCUT2D eigenvalue weighted by atomic mass is 10.1. The number of ether oxygens (including phenoxy) is 1. The second kappa shape index (κ2) is 7.25. The molecule has 2 rings (SSSR count). The average Bonchev–Trinajstić information content (AvgIpc) is 2.55. The van der Waals surface area contributed by atoms with Gasteiger partial charge in [-0.3, -0.25) is 9.59 Å². The highest BCUT2D eigenvalue weighted by Gasteiger charge is 2.22. The van der Waals surface area contributed by atoms with E-state index in [1.165, 1.54) is 14.0 Å². The molecule has 0 saturated carbocycles. The predicted molar refractivity (Wildman–Crippen MR) is 89.7 cm³/mol. The first-order valence-electron chi connectivity index (χ1n) is 7.76. The fraction of sp³-hybridized carbons (Fsp3) is 0.412. The smallest absolute Gasteiger partial charge is 0.360 e. The van der Waals surface area contributed by atoms with E-state index in [1.807, 2.05) is 13.8 Å². The Morgan fingerprint density at radius 2 is 1.83 bits per heavy atom. The lowest BCUT2D eigenvalue weighted by Crippen LogP contribution is -2.38. The Morgan fingerprint density at radius 3 is 2.46 bits per heavy atom. The van der Waals surface area contributed by atoms with Gasteiger partial charge in [-0.15, -0.1) is 0 Å². The fourth-order valence-electron chi connectivity index (χ4n) is 2.17. The number of hydrogen-bond donors (Lipinski definition) is 1. The molecule has 0 aliphatic heterocycles. The van der Waals surface area contributed by atoms with Crippen molar-refractivity contribution in [3.05, 3.63) is 40.3 Å². The Balaban J connectivity index is 2.24. The zero-order valence-corrected chi connectivity index (χ0v) is 14.2. The van der Waals surface area contributed by atoms with Crippen molar-refractivity contribution < 1.29 is 14.3 Å². The number of fused-ring (bicyclic) bond motifs is 1. The number of rotatable bonds is 5. The molecule has 0 bridgehead atoms. The Morgan fingerprint density at radius 1 is 1.21 bits per heavy atom. The van der Waals surface area contributed by atoms with Gasteiger partial charge in [0.2, 0.25) is 0 Å². The van der Waals surface area contributed by atoms with Gasteiger partial charge in [0.25, 0.3) is 11.5 Å². The number of benzene rings is 1. The molecule has 0 fully saturated rings. The van der Waals surface area contributed by atoms with Crippen LogP contribution in [0.25, 0.3) is 10.8 Å². The van der Waals surface area contributed by atoms with E-state index in [-0.39, 0.29) is 17.2 Å². The van der Waals surface area contributed by atoms with Gasteiger partial charge in [0, 0.05) is 19.0 Å². The number of esters is 1. The standard InChI is InChI=1S/C17H21N3O4/c1-10(2)9-18-15(21)11(3)24-17(23)14-12-7-5-6-8-13(12)16(22)20(4)19-14/h5-8,10-11H,9H2,1-4H3,(H,18,21)/t11-/m1/s1. The van der Waals surface area contributed by atoms with Crippen LogP contribution >= 0.6 is 0 Å². The van der Waals surface area contributed by atoms with Crippen LogP contribution in [0.2, 0.25) is 0 Å². The second-order valence-electron chi connectivity index (χ2n) is 6.01. The Hall–Kier alpha value is -2.70. The Bertz CT molecular complexity index is 826. The highest BCUT2D eigenvalue weighted by Crippen LogP contribution is 2.14. The minimum Gasteiger partial charge on any atom is -0.448 e. The van der Waals surface area contributed by atoms with Gasteiger partial charge in [0.05, 0.1) is 5.39 Å². The van der Waals surface area contributed by atoms with E-state index in [0.717, 1.165) is 4.68 Å². The van der Waals surface area contributed by atoms with E-state index < -0.39 is 12.1 Å². The van der Waals surface area contributed by atoms with Crippen LogP contribution in [0.4, 0.5) is 0 Å². The predicted octanol–water partition coefficient (Wildman–Crippen LogP) is 1.25. The lowest BCUT2D eigenvalue weighted by molar-refractivity contribution is -0.129. The van der Waals surface area contributed by atoms with Crippen LogP contribution < -0.4 is 10.9 Å². The molecular weight excluding hydrogens is 310 g/mol. The van der Waals surface area contributed by atoms with Crippen LogP contribution in [-0.2, 0) is 16.6 Å². The molecule has 0 aliphatic carbocycles. The summed E-state index contributed by atoms with van der Waals surface area (Å²) < 4.78 is 6.29. The summed E-state index contributed by atoms with van der Waals surface area (Å²) in [5.74, 6) is -0.814. The lowest BCUT2D eigenvalue weighted by Gasteiger charge is -2.15. The largest absolute Gasteiger partial charge is 0.448 e. The van der Waals surface area contributed by atoms with Gasteiger partial charge in [0.15, 0.2) is 11.8 Å². The fourth-order valence-corrected chi connectivity index (χ4v) is 2.17. The maximum atomic E-state index is 12.4. The molecule has 0 aliphatic rings. The van der Waals surface area contributed by atoms with Crippen LogP contribution in [0.15, 0.2) is 29.1 Å². The van der Waals surface area contributed by atoms with E-state index in [2.05, 4.69) is 10.4 Å². The number of aromatic nitrogens is 2. The molecule has 0 saturated heterocycles. The van der Waals surface area contributed by atoms with Gasteiger partial charge in [0.1, 0.15) is 0 Å². The van der Waals surface area contributed by atoms with Gasteiger partial charge in [-0.1, -0.05) is 32.0 Å². The van der Waals surface area contributed by atoms with Crippen molar-refractivity contribution in [2.75, 3.05) is 6.54 Å². The van der Waals surface area contributed by atoms with E-state index in [4.69, 9.17) is 4.74 Å². The molecule has 0 unspecified atom stereocenters. The molecule has 0 spiro atoms. The highest BCUT2D eigenvalue weighted by atomic mass is 16.5. The van der Waals surface area contributed by atoms with Crippen LogP contribution in [0.1, 0.15) is 31.3 Å². The molecular formula is C17H21N3O4. The molecule has 1 amide bonds. The number of nitrogens with zero attached hydrogens (tertiary/aromatic N) is 2. The first kappa shape index (κ1) is 17.7. The summed E-state index contributed by atoms with van der Waals surface area (Å²) in [6, 6.07) is 6.67.